The second-order valence-corrected chi connectivity index (χ2v) is 3.47. The summed E-state index contributed by atoms with van der Waals surface area (Å²) in [5, 5.41) is -0.204. The van der Waals surface area contributed by atoms with E-state index in [0.717, 1.165) is 7.11 Å². The van der Waals surface area contributed by atoms with Crippen molar-refractivity contribution in [2.75, 3.05) is 20.3 Å². The molecule has 0 unspecified atom stereocenters. The van der Waals surface area contributed by atoms with Gasteiger partial charge in [0.05, 0.1) is 12.1 Å². The first-order valence-corrected chi connectivity index (χ1v) is 4.89. The number of benzene rings is 1. The number of hydrogen-bond acceptors (Lipinski definition) is 4. The lowest BCUT2D eigenvalue weighted by Gasteiger charge is -2.21. The minimum absolute atomic E-state index is 0.0417. The van der Waals surface area contributed by atoms with E-state index in [9.17, 15) is 9.18 Å². The summed E-state index contributed by atoms with van der Waals surface area (Å²) in [6.45, 7) is 0.577. The van der Waals surface area contributed by atoms with E-state index in [1.54, 1.807) is 0 Å². The number of fused-ring (bicyclic) bond motifs is 1. The molecule has 0 saturated carbocycles. The van der Waals surface area contributed by atoms with Crippen LogP contribution in [-0.4, -0.2) is 26.3 Å². The Morgan fingerprint density at radius 3 is 2.88 bits per heavy atom. The molecule has 1 aromatic carbocycles. The van der Waals surface area contributed by atoms with E-state index in [4.69, 9.17) is 21.1 Å². The first-order chi connectivity index (χ1) is 7.65. The van der Waals surface area contributed by atoms with Crippen LogP contribution in [0.3, 0.4) is 0 Å². The molecule has 0 spiro atoms. The van der Waals surface area contributed by atoms with Gasteiger partial charge in [0.2, 0.25) is 0 Å². The number of hydrogen-bond donors (Lipinski definition) is 0. The van der Waals surface area contributed by atoms with E-state index in [0.29, 0.717) is 6.61 Å². The first-order valence-electron chi connectivity index (χ1n) is 4.51. The van der Waals surface area contributed by atoms with Gasteiger partial charge in [-0.25, -0.2) is 9.18 Å². The Bertz CT molecular complexity index is 447. The van der Waals surface area contributed by atoms with E-state index in [1.165, 1.54) is 6.07 Å². The molecular formula is C10H8ClFO4. The smallest absolute Gasteiger partial charge is 0.344 e. The SMILES string of the molecule is COC(=O)c1c(F)c(Cl)cc2c1OCCO2. The number of carbonyl (C=O) groups is 1. The lowest BCUT2D eigenvalue weighted by Crippen LogP contribution is -2.19. The molecular weight excluding hydrogens is 239 g/mol. The van der Waals surface area contributed by atoms with Gasteiger partial charge in [0.1, 0.15) is 18.8 Å². The third-order valence-electron chi connectivity index (χ3n) is 2.11. The Morgan fingerprint density at radius 2 is 2.19 bits per heavy atom. The van der Waals surface area contributed by atoms with Crippen LogP contribution in [0.5, 0.6) is 11.5 Å². The minimum Gasteiger partial charge on any atom is -0.486 e. The molecule has 1 aliphatic rings. The van der Waals surface area contributed by atoms with Crippen molar-refractivity contribution in [1.82, 2.24) is 0 Å². The van der Waals surface area contributed by atoms with Crippen LogP contribution in [-0.2, 0) is 4.74 Å². The fraction of sp³-hybridized carbons (Fsp3) is 0.300. The van der Waals surface area contributed by atoms with Crippen molar-refractivity contribution in [3.8, 4) is 11.5 Å². The number of carbonyl (C=O) groups excluding carboxylic acids is 1. The third-order valence-corrected chi connectivity index (χ3v) is 2.39. The van der Waals surface area contributed by atoms with Crippen LogP contribution in [0.15, 0.2) is 6.07 Å². The first kappa shape index (κ1) is 11.0. The summed E-state index contributed by atoms with van der Waals surface area (Å²) < 4.78 is 28.5. The summed E-state index contributed by atoms with van der Waals surface area (Å²) in [5.41, 5.74) is -0.329. The van der Waals surface area contributed by atoms with Gasteiger partial charge in [-0.1, -0.05) is 11.6 Å². The average molecular weight is 247 g/mol. The molecule has 1 heterocycles. The Morgan fingerprint density at radius 1 is 1.50 bits per heavy atom. The highest BCUT2D eigenvalue weighted by Gasteiger charge is 2.27. The largest absolute Gasteiger partial charge is 0.486 e. The molecule has 0 atom stereocenters. The zero-order valence-electron chi connectivity index (χ0n) is 8.38. The van der Waals surface area contributed by atoms with Crippen molar-refractivity contribution in [3.63, 3.8) is 0 Å². The predicted molar refractivity (Wildman–Crippen MR) is 53.7 cm³/mol. The van der Waals surface area contributed by atoms with Crippen LogP contribution in [0.1, 0.15) is 10.4 Å². The van der Waals surface area contributed by atoms with E-state index < -0.39 is 11.8 Å². The molecule has 6 heteroatoms. The summed E-state index contributed by atoms with van der Waals surface area (Å²) in [6.07, 6.45) is 0. The maximum absolute atomic E-state index is 13.7. The predicted octanol–water partition coefficient (Wildman–Crippen LogP) is 2.04. The number of rotatable bonds is 1. The summed E-state index contributed by atoms with van der Waals surface area (Å²) >= 11 is 5.63. The lowest BCUT2D eigenvalue weighted by atomic mass is 10.1. The van der Waals surface area contributed by atoms with Crippen LogP contribution in [0, 0.1) is 5.82 Å². The molecule has 2 rings (SSSR count). The Balaban J connectivity index is 2.63. The average Bonchev–Trinajstić information content (AvgIpc) is 2.30. The third kappa shape index (κ3) is 1.67. The lowest BCUT2D eigenvalue weighted by molar-refractivity contribution is 0.0584. The molecule has 1 aromatic rings. The highest BCUT2D eigenvalue weighted by atomic mass is 35.5. The zero-order chi connectivity index (χ0) is 11.7. The maximum Gasteiger partial charge on any atom is 0.344 e. The van der Waals surface area contributed by atoms with E-state index in [2.05, 4.69) is 4.74 Å². The molecule has 4 nitrogen and oxygen atoms in total. The van der Waals surface area contributed by atoms with Gasteiger partial charge in [-0.05, 0) is 0 Å². The molecule has 16 heavy (non-hydrogen) atoms. The summed E-state index contributed by atoms with van der Waals surface area (Å²) in [7, 11) is 1.15. The molecule has 0 bridgehead atoms. The van der Waals surface area contributed by atoms with E-state index in [-0.39, 0.29) is 28.7 Å². The molecule has 0 radical (unpaired) electrons. The van der Waals surface area contributed by atoms with Gasteiger partial charge in [0, 0.05) is 6.07 Å². The van der Waals surface area contributed by atoms with Gasteiger partial charge in [0.25, 0.3) is 0 Å². The molecule has 0 aromatic heterocycles. The summed E-state index contributed by atoms with van der Waals surface area (Å²) in [6, 6.07) is 1.28. The van der Waals surface area contributed by atoms with Crippen LogP contribution in [0.25, 0.3) is 0 Å². The standard InChI is InChI=1S/C10H8ClFO4/c1-14-10(13)7-8(12)5(11)4-6-9(7)16-3-2-15-6/h4H,2-3H2,1H3. The summed E-state index contributed by atoms with van der Waals surface area (Å²) in [5.74, 6) is -1.42. The highest BCUT2D eigenvalue weighted by molar-refractivity contribution is 6.31. The molecule has 0 N–H and O–H groups in total. The number of ether oxygens (including phenoxy) is 3. The van der Waals surface area contributed by atoms with Crippen LogP contribution >= 0.6 is 11.6 Å². The number of halogens is 2. The number of esters is 1. The van der Waals surface area contributed by atoms with E-state index in [1.807, 2.05) is 0 Å². The van der Waals surface area contributed by atoms with Gasteiger partial charge in [-0.3, -0.25) is 0 Å². The molecule has 86 valence electrons. The zero-order valence-corrected chi connectivity index (χ0v) is 9.14. The van der Waals surface area contributed by atoms with Crippen molar-refractivity contribution in [2.24, 2.45) is 0 Å². The van der Waals surface area contributed by atoms with Crippen molar-refractivity contribution >= 4 is 17.6 Å². The molecule has 0 fully saturated rings. The van der Waals surface area contributed by atoms with Gasteiger partial charge in [0.15, 0.2) is 17.3 Å². The Hall–Kier alpha value is -1.49. The fourth-order valence-corrected chi connectivity index (χ4v) is 1.61. The fourth-order valence-electron chi connectivity index (χ4n) is 1.42. The van der Waals surface area contributed by atoms with Crippen molar-refractivity contribution < 1.29 is 23.4 Å². The van der Waals surface area contributed by atoms with Crippen LogP contribution < -0.4 is 9.47 Å². The second kappa shape index (κ2) is 4.17. The molecule has 0 amide bonds. The topological polar surface area (TPSA) is 44.8 Å². The van der Waals surface area contributed by atoms with E-state index >= 15 is 0 Å². The normalized spacial score (nSPS) is 13.4. The monoisotopic (exact) mass is 246 g/mol. The maximum atomic E-state index is 13.7. The van der Waals surface area contributed by atoms with Crippen LogP contribution in [0.2, 0.25) is 5.02 Å². The molecule has 0 aliphatic carbocycles. The van der Waals surface area contributed by atoms with Crippen molar-refractivity contribution in [3.05, 3.63) is 22.5 Å². The molecule has 0 saturated heterocycles. The van der Waals surface area contributed by atoms with Gasteiger partial charge < -0.3 is 14.2 Å². The minimum atomic E-state index is -0.863. The highest BCUT2D eigenvalue weighted by Crippen LogP contribution is 2.39. The van der Waals surface area contributed by atoms with Crippen molar-refractivity contribution in [2.45, 2.75) is 0 Å². The second-order valence-electron chi connectivity index (χ2n) is 3.06. The summed E-state index contributed by atoms with van der Waals surface area (Å²) in [4.78, 5) is 11.4. The van der Waals surface area contributed by atoms with Gasteiger partial charge in [-0.2, -0.15) is 0 Å². The van der Waals surface area contributed by atoms with Gasteiger partial charge >= 0.3 is 5.97 Å². The molecule has 1 aliphatic heterocycles. The Labute approximate surface area is 95.9 Å². The van der Waals surface area contributed by atoms with Crippen molar-refractivity contribution in [1.29, 1.82) is 0 Å². The van der Waals surface area contributed by atoms with Crippen LogP contribution in [0.4, 0.5) is 4.39 Å². The van der Waals surface area contributed by atoms with Gasteiger partial charge in [-0.15, -0.1) is 0 Å². The Kier molecular flexibility index (Phi) is 2.87. The number of methoxy groups -OCH3 is 1. The quantitative estimate of drug-likeness (QED) is 0.712.